The Morgan fingerprint density at radius 2 is 1.82 bits per heavy atom. The van der Waals surface area contributed by atoms with E-state index in [-0.39, 0.29) is 17.6 Å². The van der Waals surface area contributed by atoms with Crippen LogP contribution in [0.25, 0.3) is 22.2 Å². The highest BCUT2D eigenvalue weighted by Crippen LogP contribution is 2.34. The Kier molecular flexibility index (Phi) is 7.94. The Morgan fingerprint density at radius 3 is 2.58 bits per heavy atom. The number of aromatic nitrogens is 1. The summed E-state index contributed by atoms with van der Waals surface area (Å²) < 4.78 is 14.7. The largest absolute Gasteiger partial charge is 0.354 e. The van der Waals surface area contributed by atoms with Crippen molar-refractivity contribution in [1.82, 2.24) is 9.88 Å². The minimum Gasteiger partial charge on any atom is -0.354 e. The molecule has 4 nitrogen and oxygen atoms in total. The summed E-state index contributed by atoms with van der Waals surface area (Å²) >= 11 is 0. The molecule has 0 radical (unpaired) electrons. The lowest BCUT2D eigenvalue weighted by molar-refractivity contribution is -0.118. The SMILES string of the molecule is Cc1cccc2c(CCCN3CCC(c4cccc(NC(=O)C(C)C)c4)CC3)c(-c3ccccc3F)[nH]c12. The van der Waals surface area contributed by atoms with Gasteiger partial charge in [0.15, 0.2) is 0 Å². The van der Waals surface area contributed by atoms with Gasteiger partial charge in [0.2, 0.25) is 5.91 Å². The van der Waals surface area contributed by atoms with Crippen LogP contribution in [0.2, 0.25) is 0 Å². The van der Waals surface area contributed by atoms with E-state index in [1.165, 1.54) is 28.1 Å². The molecule has 5 heteroatoms. The second kappa shape index (κ2) is 11.5. The number of anilines is 1. The van der Waals surface area contributed by atoms with Gasteiger partial charge in [-0.05, 0) is 99.1 Å². The van der Waals surface area contributed by atoms with Crippen molar-refractivity contribution in [2.75, 3.05) is 25.0 Å². The molecule has 4 aromatic rings. The minimum atomic E-state index is -0.187. The number of nitrogens with one attached hydrogen (secondary N) is 2. The number of carbonyl (C=O) groups is 1. The third kappa shape index (κ3) is 5.68. The molecule has 1 aromatic heterocycles. The molecule has 2 heterocycles. The Balaban J connectivity index is 1.22. The smallest absolute Gasteiger partial charge is 0.226 e. The second-order valence-corrected chi connectivity index (χ2v) is 10.9. The molecule has 38 heavy (non-hydrogen) atoms. The molecule has 0 unspecified atom stereocenters. The third-order valence-electron chi connectivity index (χ3n) is 7.93. The van der Waals surface area contributed by atoms with Crippen molar-refractivity contribution in [2.45, 2.75) is 52.4 Å². The summed E-state index contributed by atoms with van der Waals surface area (Å²) in [4.78, 5) is 18.2. The number of halogens is 1. The van der Waals surface area contributed by atoms with Crippen molar-refractivity contribution in [3.63, 3.8) is 0 Å². The number of amides is 1. The topological polar surface area (TPSA) is 48.1 Å². The number of carbonyl (C=O) groups excluding carboxylic acids is 1. The normalized spacial score (nSPS) is 14.9. The van der Waals surface area contributed by atoms with Crippen LogP contribution in [0.4, 0.5) is 10.1 Å². The lowest BCUT2D eigenvalue weighted by Crippen LogP contribution is -2.33. The van der Waals surface area contributed by atoms with Crippen molar-refractivity contribution < 1.29 is 9.18 Å². The number of hydrogen-bond donors (Lipinski definition) is 2. The average Bonchev–Trinajstić information content (AvgIpc) is 3.29. The molecule has 198 valence electrons. The molecule has 0 atom stereocenters. The van der Waals surface area contributed by atoms with Crippen LogP contribution in [-0.4, -0.2) is 35.4 Å². The number of aromatic amines is 1. The molecular formula is C33H38FN3O. The first-order valence-electron chi connectivity index (χ1n) is 13.9. The van der Waals surface area contributed by atoms with Crippen LogP contribution >= 0.6 is 0 Å². The number of fused-ring (bicyclic) bond motifs is 1. The summed E-state index contributed by atoms with van der Waals surface area (Å²) in [6.45, 7) is 9.10. The van der Waals surface area contributed by atoms with E-state index in [0.717, 1.165) is 62.2 Å². The van der Waals surface area contributed by atoms with Gasteiger partial charge < -0.3 is 15.2 Å². The van der Waals surface area contributed by atoms with Crippen LogP contribution in [-0.2, 0) is 11.2 Å². The Bertz CT molecular complexity index is 1420. The highest BCUT2D eigenvalue weighted by molar-refractivity contribution is 5.93. The maximum atomic E-state index is 14.7. The molecule has 1 saturated heterocycles. The molecule has 3 aromatic carbocycles. The van der Waals surface area contributed by atoms with Crippen molar-refractivity contribution in [2.24, 2.45) is 5.92 Å². The van der Waals surface area contributed by atoms with Crippen molar-refractivity contribution >= 4 is 22.5 Å². The van der Waals surface area contributed by atoms with Gasteiger partial charge in [0.05, 0.1) is 5.69 Å². The molecule has 0 bridgehead atoms. The van der Waals surface area contributed by atoms with E-state index in [4.69, 9.17) is 0 Å². The number of likely N-dealkylation sites (tertiary alicyclic amines) is 1. The van der Waals surface area contributed by atoms with Gasteiger partial charge in [-0.25, -0.2) is 4.39 Å². The van der Waals surface area contributed by atoms with Crippen LogP contribution in [0.5, 0.6) is 0 Å². The summed E-state index contributed by atoms with van der Waals surface area (Å²) in [7, 11) is 0. The van der Waals surface area contributed by atoms with E-state index in [1.807, 2.05) is 38.1 Å². The predicted molar refractivity (Wildman–Crippen MR) is 155 cm³/mol. The highest BCUT2D eigenvalue weighted by atomic mass is 19.1. The van der Waals surface area contributed by atoms with E-state index in [0.29, 0.717) is 11.5 Å². The number of H-pyrrole nitrogens is 1. The van der Waals surface area contributed by atoms with Crippen LogP contribution in [0.1, 0.15) is 55.7 Å². The zero-order valence-corrected chi connectivity index (χ0v) is 22.7. The van der Waals surface area contributed by atoms with E-state index in [1.54, 1.807) is 6.07 Å². The number of nitrogens with zero attached hydrogens (tertiary/aromatic N) is 1. The molecule has 2 N–H and O–H groups in total. The van der Waals surface area contributed by atoms with E-state index in [2.05, 4.69) is 52.5 Å². The second-order valence-electron chi connectivity index (χ2n) is 10.9. The van der Waals surface area contributed by atoms with Crippen molar-refractivity contribution in [1.29, 1.82) is 0 Å². The zero-order valence-electron chi connectivity index (χ0n) is 22.7. The molecule has 1 fully saturated rings. The van der Waals surface area contributed by atoms with Gasteiger partial charge in [-0.1, -0.05) is 56.3 Å². The van der Waals surface area contributed by atoms with Gasteiger partial charge in [-0.15, -0.1) is 0 Å². The van der Waals surface area contributed by atoms with E-state index in [9.17, 15) is 9.18 Å². The summed E-state index contributed by atoms with van der Waals surface area (Å²) in [5.41, 5.74) is 7.26. The predicted octanol–water partition coefficient (Wildman–Crippen LogP) is 7.69. The first-order valence-corrected chi connectivity index (χ1v) is 13.9. The van der Waals surface area contributed by atoms with Crippen LogP contribution < -0.4 is 5.32 Å². The summed E-state index contributed by atoms with van der Waals surface area (Å²) in [5, 5.41) is 4.23. The fourth-order valence-corrected chi connectivity index (χ4v) is 5.70. The quantitative estimate of drug-likeness (QED) is 0.255. The van der Waals surface area contributed by atoms with Gasteiger partial charge in [-0.2, -0.15) is 0 Å². The summed E-state index contributed by atoms with van der Waals surface area (Å²) in [5.74, 6) is 0.359. The number of benzene rings is 3. The molecule has 0 aliphatic carbocycles. The third-order valence-corrected chi connectivity index (χ3v) is 7.93. The fraction of sp³-hybridized carbons (Fsp3) is 0.364. The Labute approximate surface area is 225 Å². The van der Waals surface area contributed by atoms with Gasteiger partial charge in [-0.3, -0.25) is 4.79 Å². The fourth-order valence-electron chi connectivity index (χ4n) is 5.70. The molecule has 1 aliphatic heterocycles. The van der Waals surface area contributed by atoms with E-state index >= 15 is 0 Å². The Hall–Kier alpha value is -3.44. The van der Waals surface area contributed by atoms with Gasteiger partial charge >= 0.3 is 0 Å². The van der Waals surface area contributed by atoms with Crippen molar-refractivity contribution in [3.05, 3.63) is 89.2 Å². The lowest BCUT2D eigenvalue weighted by atomic mass is 9.89. The first kappa shape index (κ1) is 26.2. The van der Waals surface area contributed by atoms with Crippen molar-refractivity contribution in [3.8, 4) is 11.3 Å². The maximum absolute atomic E-state index is 14.7. The maximum Gasteiger partial charge on any atom is 0.226 e. The number of rotatable bonds is 8. The van der Waals surface area contributed by atoms with Crippen LogP contribution in [0.3, 0.4) is 0 Å². The zero-order chi connectivity index (χ0) is 26.6. The molecule has 0 saturated carbocycles. The van der Waals surface area contributed by atoms with Crippen LogP contribution in [0.15, 0.2) is 66.7 Å². The van der Waals surface area contributed by atoms with Gasteiger partial charge in [0.25, 0.3) is 0 Å². The number of para-hydroxylation sites is 1. The molecule has 5 rings (SSSR count). The monoisotopic (exact) mass is 511 g/mol. The molecule has 0 spiro atoms. The number of aryl methyl sites for hydroxylation is 2. The molecule has 1 aliphatic rings. The first-order chi connectivity index (χ1) is 18.4. The lowest BCUT2D eigenvalue weighted by Gasteiger charge is -2.32. The molecule has 1 amide bonds. The minimum absolute atomic E-state index is 0.0297. The molecular weight excluding hydrogens is 473 g/mol. The van der Waals surface area contributed by atoms with Gasteiger partial charge in [0, 0.05) is 28.1 Å². The average molecular weight is 512 g/mol. The standard InChI is InChI=1S/C33H38FN3O/c1-22(2)33(38)35-26-11-7-10-25(21-26)24-16-19-37(20-17-24)18-8-14-28-27-13-6-9-23(3)31(27)36-32(28)29-12-4-5-15-30(29)34/h4-7,9-13,15,21-22,24,36H,8,14,16-20H2,1-3H3,(H,35,38). The number of piperidine rings is 1. The number of hydrogen-bond acceptors (Lipinski definition) is 2. The summed E-state index contributed by atoms with van der Waals surface area (Å²) in [6.07, 6.45) is 4.18. The van der Waals surface area contributed by atoms with E-state index < -0.39 is 0 Å². The van der Waals surface area contributed by atoms with Gasteiger partial charge in [0.1, 0.15) is 5.82 Å². The Morgan fingerprint density at radius 1 is 1.05 bits per heavy atom. The summed E-state index contributed by atoms with van der Waals surface area (Å²) in [6, 6.07) is 21.8. The highest BCUT2D eigenvalue weighted by Gasteiger charge is 2.22. The van der Waals surface area contributed by atoms with Crippen LogP contribution in [0, 0.1) is 18.7 Å².